The first-order valence-corrected chi connectivity index (χ1v) is 7.66. The molecule has 0 aliphatic rings. The van der Waals surface area contributed by atoms with E-state index in [1.807, 2.05) is 30.3 Å². The monoisotopic (exact) mass is 367 g/mol. The second-order valence-corrected chi connectivity index (χ2v) is 5.81. The number of ether oxygens (including phenoxy) is 1. The predicted molar refractivity (Wildman–Crippen MR) is 84.8 cm³/mol. The summed E-state index contributed by atoms with van der Waals surface area (Å²) in [6.07, 6.45) is 1.61. The van der Waals surface area contributed by atoms with Crippen molar-refractivity contribution in [2.45, 2.75) is 13.5 Å². The van der Waals surface area contributed by atoms with E-state index in [1.54, 1.807) is 13.1 Å². The van der Waals surface area contributed by atoms with Crippen molar-refractivity contribution in [1.29, 1.82) is 0 Å². The van der Waals surface area contributed by atoms with E-state index in [0.717, 1.165) is 5.56 Å². The summed E-state index contributed by atoms with van der Waals surface area (Å²) < 4.78 is 20.8. The smallest absolute Gasteiger partial charge is 0.227 e. The summed E-state index contributed by atoms with van der Waals surface area (Å²) in [6.45, 7) is 2.15. The molecular weight excluding hydrogens is 357 g/mol. The van der Waals surface area contributed by atoms with Gasteiger partial charge in [0.05, 0.1) is 9.86 Å². The van der Waals surface area contributed by atoms with Gasteiger partial charge in [0.25, 0.3) is 0 Å². The molecule has 3 rings (SSSR count). The number of fused-ring (bicyclic) bond motifs is 1. The summed E-state index contributed by atoms with van der Waals surface area (Å²) in [5.74, 6) is 0.979. The Morgan fingerprint density at radius 3 is 2.76 bits per heavy atom. The maximum Gasteiger partial charge on any atom is 0.227 e. The van der Waals surface area contributed by atoms with Crippen LogP contribution in [0.25, 0.3) is 11.0 Å². The fourth-order valence-corrected chi connectivity index (χ4v) is 3.04. The minimum Gasteiger partial charge on any atom is -0.472 e. The molecule has 0 amide bonds. The van der Waals surface area contributed by atoms with Crippen LogP contribution in [0.1, 0.15) is 11.4 Å². The molecule has 4 nitrogen and oxygen atoms in total. The van der Waals surface area contributed by atoms with Crippen molar-refractivity contribution in [3.8, 4) is 5.88 Å². The molecule has 0 saturated carbocycles. The van der Waals surface area contributed by atoms with Gasteiger partial charge in [0.2, 0.25) is 5.88 Å². The first-order chi connectivity index (χ1) is 10.2. The molecule has 0 spiro atoms. The topological polar surface area (TPSA) is 39.9 Å². The Morgan fingerprint density at radius 2 is 2.05 bits per heavy atom. The molecule has 0 aliphatic carbocycles. The SMILES string of the molecule is Cc1nc(OCc2ccccc2)c2c(Br)cn(SF)c2n1. The van der Waals surface area contributed by atoms with Crippen LogP contribution in [-0.4, -0.2) is 13.9 Å². The largest absolute Gasteiger partial charge is 0.472 e. The fraction of sp³-hybridized carbons (Fsp3) is 0.143. The summed E-state index contributed by atoms with van der Waals surface area (Å²) in [4.78, 5) is 8.58. The second-order valence-electron chi connectivity index (χ2n) is 4.42. The minimum atomic E-state index is 0.0918. The number of hydrogen-bond acceptors (Lipinski definition) is 4. The van der Waals surface area contributed by atoms with Crippen LogP contribution in [0.5, 0.6) is 5.88 Å². The summed E-state index contributed by atoms with van der Waals surface area (Å²) >= 11 is 3.49. The molecule has 7 heteroatoms. The molecule has 21 heavy (non-hydrogen) atoms. The summed E-state index contributed by atoms with van der Waals surface area (Å²) in [5, 5.41) is 0.668. The third kappa shape index (κ3) is 2.89. The number of rotatable bonds is 4. The highest BCUT2D eigenvalue weighted by Gasteiger charge is 2.16. The Kier molecular flexibility index (Phi) is 4.12. The molecule has 108 valence electrons. The fourth-order valence-electron chi connectivity index (χ4n) is 2.01. The number of aromatic nitrogens is 3. The summed E-state index contributed by atoms with van der Waals surface area (Å²) in [5.41, 5.74) is 1.53. The Morgan fingerprint density at radius 1 is 1.29 bits per heavy atom. The van der Waals surface area contributed by atoms with E-state index in [0.29, 0.717) is 33.8 Å². The minimum absolute atomic E-state index is 0.0918. The van der Waals surface area contributed by atoms with Gasteiger partial charge in [-0.3, -0.25) is 0 Å². The van der Waals surface area contributed by atoms with E-state index >= 15 is 0 Å². The Balaban J connectivity index is 2.00. The average Bonchev–Trinajstić information content (AvgIpc) is 2.82. The van der Waals surface area contributed by atoms with Crippen LogP contribution in [0.2, 0.25) is 0 Å². The van der Waals surface area contributed by atoms with Gasteiger partial charge in [0.15, 0.2) is 18.0 Å². The van der Waals surface area contributed by atoms with Gasteiger partial charge in [-0.2, -0.15) is 4.98 Å². The zero-order valence-corrected chi connectivity index (χ0v) is 13.5. The van der Waals surface area contributed by atoms with Crippen molar-refractivity contribution in [1.82, 2.24) is 13.9 Å². The molecule has 0 radical (unpaired) electrons. The number of aryl methyl sites for hydroxylation is 1. The molecule has 2 aromatic heterocycles. The number of benzene rings is 1. The molecule has 0 unspecified atom stereocenters. The lowest BCUT2D eigenvalue weighted by Crippen LogP contribution is -2.00. The van der Waals surface area contributed by atoms with Crippen molar-refractivity contribution >= 4 is 39.3 Å². The lowest BCUT2D eigenvalue weighted by atomic mass is 10.2. The number of halogens is 2. The molecular formula is C14H11BrFN3OS. The van der Waals surface area contributed by atoms with E-state index < -0.39 is 0 Å². The van der Waals surface area contributed by atoms with E-state index in [4.69, 9.17) is 4.74 Å². The van der Waals surface area contributed by atoms with E-state index in [1.165, 1.54) is 3.97 Å². The third-order valence-electron chi connectivity index (χ3n) is 2.94. The van der Waals surface area contributed by atoms with Gasteiger partial charge in [0.1, 0.15) is 12.4 Å². The maximum atomic E-state index is 12.9. The number of hydrogen-bond donors (Lipinski definition) is 0. The molecule has 1 aromatic carbocycles. The van der Waals surface area contributed by atoms with Crippen LogP contribution >= 0.6 is 28.3 Å². The highest BCUT2D eigenvalue weighted by Crippen LogP contribution is 2.34. The Hall–Kier alpha value is -1.60. The lowest BCUT2D eigenvalue weighted by molar-refractivity contribution is 0.297. The van der Waals surface area contributed by atoms with E-state index in [9.17, 15) is 3.89 Å². The molecule has 0 bridgehead atoms. The van der Waals surface area contributed by atoms with Gasteiger partial charge < -0.3 is 4.74 Å². The quantitative estimate of drug-likeness (QED) is 0.682. The van der Waals surface area contributed by atoms with Gasteiger partial charge >= 0.3 is 0 Å². The normalized spacial score (nSPS) is 11.0. The first-order valence-electron chi connectivity index (χ1n) is 6.20. The van der Waals surface area contributed by atoms with Crippen LogP contribution in [0.15, 0.2) is 41.0 Å². The molecule has 0 saturated heterocycles. The van der Waals surface area contributed by atoms with Gasteiger partial charge in [-0.25, -0.2) is 8.96 Å². The van der Waals surface area contributed by atoms with Gasteiger partial charge in [-0.05, 0) is 28.4 Å². The lowest BCUT2D eigenvalue weighted by Gasteiger charge is -2.08. The molecule has 3 aromatic rings. The Labute approximate surface area is 133 Å². The van der Waals surface area contributed by atoms with Crippen molar-refractivity contribution in [3.05, 3.63) is 52.4 Å². The predicted octanol–water partition coefficient (Wildman–Crippen LogP) is 4.46. The van der Waals surface area contributed by atoms with Gasteiger partial charge in [-0.1, -0.05) is 30.3 Å². The van der Waals surface area contributed by atoms with E-state index in [-0.39, 0.29) is 12.3 Å². The molecule has 0 aliphatic heterocycles. The third-order valence-corrected chi connectivity index (χ3v) is 3.97. The van der Waals surface area contributed by atoms with Crippen LogP contribution < -0.4 is 4.74 Å². The maximum absolute atomic E-state index is 12.9. The van der Waals surface area contributed by atoms with Crippen LogP contribution in [0.4, 0.5) is 3.89 Å². The van der Waals surface area contributed by atoms with Crippen LogP contribution in [-0.2, 0) is 6.61 Å². The zero-order chi connectivity index (χ0) is 14.8. The second kappa shape index (κ2) is 6.03. The van der Waals surface area contributed by atoms with Gasteiger partial charge in [-0.15, -0.1) is 3.89 Å². The van der Waals surface area contributed by atoms with Crippen LogP contribution in [0, 0.1) is 6.92 Å². The summed E-state index contributed by atoms with van der Waals surface area (Å²) in [7, 11) is 0. The standard InChI is InChI=1S/C14H11BrFN3OS/c1-9-17-13-12(11(15)7-19(13)21-16)14(18-9)20-8-10-5-3-2-4-6-10/h2-7H,8H2,1H3. The molecule has 0 atom stereocenters. The molecule has 0 N–H and O–H groups in total. The zero-order valence-electron chi connectivity index (χ0n) is 11.1. The van der Waals surface area contributed by atoms with Crippen LogP contribution in [0.3, 0.4) is 0 Å². The molecule has 2 heterocycles. The van der Waals surface area contributed by atoms with Crippen molar-refractivity contribution in [2.24, 2.45) is 0 Å². The van der Waals surface area contributed by atoms with Gasteiger partial charge in [0, 0.05) is 6.20 Å². The summed E-state index contributed by atoms with van der Waals surface area (Å²) in [6, 6.07) is 9.80. The first kappa shape index (κ1) is 14.3. The highest BCUT2D eigenvalue weighted by atomic mass is 79.9. The highest BCUT2D eigenvalue weighted by molar-refractivity contribution is 9.10. The average molecular weight is 368 g/mol. The van der Waals surface area contributed by atoms with E-state index in [2.05, 4.69) is 25.9 Å². The molecule has 0 fully saturated rings. The van der Waals surface area contributed by atoms with Crippen molar-refractivity contribution in [2.75, 3.05) is 0 Å². The van der Waals surface area contributed by atoms with Crippen molar-refractivity contribution in [3.63, 3.8) is 0 Å². The number of nitrogens with zero attached hydrogens (tertiary/aromatic N) is 3. The van der Waals surface area contributed by atoms with Crippen molar-refractivity contribution < 1.29 is 8.62 Å². The Bertz CT molecular complexity index is 779.